The van der Waals surface area contributed by atoms with E-state index in [9.17, 15) is 4.79 Å². The summed E-state index contributed by atoms with van der Waals surface area (Å²) < 4.78 is 6.40. The topological polar surface area (TPSA) is 26.3 Å². The molecule has 0 amide bonds. The van der Waals surface area contributed by atoms with Gasteiger partial charge in [0.25, 0.3) is 0 Å². The Morgan fingerprint density at radius 2 is 2.00 bits per heavy atom. The van der Waals surface area contributed by atoms with Crippen LogP contribution >= 0.6 is 15.9 Å². The molecule has 0 unspecified atom stereocenters. The van der Waals surface area contributed by atoms with Crippen LogP contribution in [0.1, 0.15) is 38.7 Å². The number of carbonyl (C=O) groups is 1. The van der Waals surface area contributed by atoms with E-state index in [0.29, 0.717) is 6.42 Å². The first-order valence-electron chi connectivity index (χ1n) is 6.05. The van der Waals surface area contributed by atoms with Crippen LogP contribution in [0.3, 0.4) is 0 Å². The number of hydrogen-bond acceptors (Lipinski definition) is 2. The molecule has 0 fully saturated rings. The second-order valence-corrected chi connectivity index (χ2v) is 5.15. The first-order chi connectivity index (χ1) is 8.11. The zero-order valence-corrected chi connectivity index (χ0v) is 12.0. The van der Waals surface area contributed by atoms with Crippen LogP contribution in [0, 0.1) is 0 Å². The highest BCUT2D eigenvalue weighted by molar-refractivity contribution is 9.10. The Hall–Kier alpha value is -0.830. The molecule has 1 aromatic rings. The van der Waals surface area contributed by atoms with Gasteiger partial charge in [-0.15, -0.1) is 0 Å². The van der Waals surface area contributed by atoms with Crippen LogP contribution in [0.25, 0.3) is 0 Å². The molecule has 17 heavy (non-hydrogen) atoms. The molecule has 0 bridgehead atoms. The predicted octanol–water partition coefficient (Wildman–Crippen LogP) is 4.11. The van der Waals surface area contributed by atoms with Crippen LogP contribution in [0.4, 0.5) is 0 Å². The van der Waals surface area contributed by atoms with Gasteiger partial charge >= 0.3 is 5.97 Å². The molecule has 0 aliphatic carbocycles. The number of esters is 1. The molecule has 0 saturated heterocycles. The Kier molecular flexibility index (Phi) is 6.27. The number of ether oxygens (including phenoxy) is 1. The fraction of sp³-hybridized carbons (Fsp3) is 0.500. The molecule has 1 aromatic carbocycles. The van der Waals surface area contributed by atoms with Gasteiger partial charge in [-0.3, -0.25) is 4.79 Å². The molecule has 0 aromatic heterocycles. The van der Waals surface area contributed by atoms with Crippen molar-refractivity contribution in [3.63, 3.8) is 0 Å². The van der Waals surface area contributed by atoms with Gasteiger partial charge in [-0.25, -0.2) is 0 Å². The maximum Gasteiger partial charge on any atom is 0.306 e. The first kappa shape index (κ1) is 14.2. The summed E-state index contributed by atoms with van der Waals surface area (Å²) in [5.41, 5.74) is 1.18. The van der Waals surface area contributed by atoms with E-state index in [0.717, 1.165) is 23.7 Å². The lowest BCUT2D eigenvalue weighted by atomic mass is 10.1. The van der Waals surface area contributed by atoms with E-state index in [2.05, 4.69) is 22.9 Å². The van der Waals surface area contributed by atoms with E-state index in [4.69, 9.17) is 4.74 Å². The summed E-state index contributed by atoms with van der Waals surface area (Å²) in [6.07, 6.45) is 3.17. The normalized spacial score (nSPS) is 12.2. The number of benzene rings is 1. The third-order valence-electron chi connectivity index (χ3n) is 2.50. The molecule has 0 spiro atoms. The van der Waals surface area contributed by atoms with Crippen molar-refractivity contribution in [3.05, 3.63) is 34.3 Å². The average Bonchev–Trinajstić information content (AvgIpc) is 2.29. The Bertz CT molecular complexity index is 346. The molecule has 1 atom stereocenters. The van der Waals surface area contributed by atoms with Gasteiger partial charge in [-0.05, 0) is 31.0 Å². The van der Waals surface area contributed by atoms with Crippen molar-refractivity contribution in [1.82, 2.24) is 0 Å². The van der Waals surface area contributed by atoms with Gasteiger partial charge < -0.3 is 4.74 Å². The summed E-state index contributed by atoms with van der Waals surface area (Å²) in [4.78, 5) is 11.4. The molecule has 94 valence electrons. The lowest BCUT2D eigenvalue weighted by Crippen LogP contribution is -2.17. The highest BCUT2D eigenvalue weighted by atomic mass is 79.9. The van der Waals surface area contributed by atoms with E-state index >= 15 is 0 Å². The van der Waals surface area contributed by atoms with Gasteiger partial charge in [0.1, 0.15) is 6.10 Å². The summed E-state index contributed by atoms with van der Waals surface area (Å²) in [6, 6.07) is 8.09. The van der Waals surface area contributed by atoms with E-state index in [1.165, 1.54) is 5.56 Å². The summed E-state index contributed by atoms with van der Waals surface area (Å²) >= 11 is 3.40. The Morgan fingerprint density at radius 3 is 2.59 bits per heavy atom. The molecule has 0 aliphatic heterocycles. The van der Waals surface area contributed by atoms with E-state index < -0.39 is 0 Å². The fourth-order valence-corrected chi connectivity index (χ4v) is 1.86. The molecule has 0 heterocycles. The van der Waals surface area contributed by atoms with Crippen molar-refractivity contribution >= 4 is 21.9 Å². The fourth-order valence-electron chi connectivity index (χ4n) is 1.60. The second kappa shape index (κ2) is 7.49. The van der Waals surface area contributed by atoms with Crippen molar-refractivity contribution in [3.8, 4) is 0 Å². The minimum absolute atomic E-state index is 0.0551. The van der Waals surface area contributed by atoms with Gasteiger partial charge in [-0.2, -0.15) is 0 Å². The highest BCUT2D eigenvalue weighted by Crippen LogP contribution is 2.13. The van der Waals surface area contributed by atoms with Gasteiger partial charge in [-0.1, -0.05) is 41.4 Å². The van der Waals surface area contributed by atoms with Gasteiger partial charge in [0, 0.05) is 17.3 Å². The van der Waals surface area contributed by atoms with Crippen LogP contribution in [0.2, 0.25) is 0 Å². The number of halogens is 1. The van der Waals surface area contributed by atoms with Crippen LogP contribution < -0.4 is 0 Å². The zero-order chi connectivity index (χ0) is 12.7. The third kappa shape index (κ3) is 5.87. The minimum Gasteiger partial charge on any atom is -0.462 e. The van der Waals surface area contributed by atoms with Crippen LogP contribution in [-0.2, 0) is 16.0 Å². The third-order valence-corrected chi connectivity index (χ3v) is 3.03. The van der Waals surface area contributed by atoms with Gasteiger partial charge in [0.2, 0.25) is 0 Å². The number of hydrogen-bond donors (Lipinski definition) is 0. The maximum absolute atomic E-state index is 11.4. The summed E-state index contributed by atoms with van der Waals surface area (Å²) in [7, 11) is 0. The quantitative estimate of drug-likeness (QED) is 0.739. The molecular formula is C14H19BrO2. The minimum atomic E-state index is -0.0866. The molecular weight excluding hydrogens is 280 g/mol. The molecule has 0 radical (unpaired) electrons. The Morgan fingerprint density at radius 1 is 1.35 bits per heavy atom. The van der Waals surface area contributed by atoms with E-state index in [1.807, 2.05) is 31.2 Å². The number of carbonyl (C=O) groups excluding carboxylic acids is 1. The van der Waals surface area contributed by atoms with E-state index in [1.54, 1.807) is 0 Å². The average molecular weight is 299 g/mol. The van der Waals surface area contributed by atoms with E-state index in [-0.39, 0.29) is 12.1 Å². The van der Waals surface area contributed by atoms with Crippen molar-refractivity contribution in [1.29, 1.82) is 0 Å². The predicted molar refractivity (Wildman–Crippen MR) is 72.9 cm³/mol. The SMILES string of the molecule is CCCCC(=O)O[C@@H](C)Cc1ccc(Br)cc1. The summed E-state index contributed by atoms with van der Waals surface area (Å²) in [6.45, 7) is 4.00. The Labute approximate surface area is 111 Å². The molecule has 0 aliphatic rings. The lowest BCUT2D eigenvalue weighted by molar-refractivity contribution is -0.148. The summed E-state index contributed by atoms with van der Waals surface area (Å²) in [5.74, 6) is -0.0866. The van der Waals surface area contributed by atoms with Crippen molar-refractivity contribution in [2.45, 2.75) is 45.6 Å². The molecule has 0 N–H and O–H groups in total. The highest BCUT2D eigenvalue weighted by Gasteiger charge is 2.09. The van der Waals surface area contributed by atoms with Crippen LogP contribution in [0.5, 0.6) is 0 Å². The van der Waals surface area contributed by atoms with Crippen LogP contribution in [0.15, 0.2) is 28.7 Å². The maximum atomic E-state index is 11.4. The van der Waals surface area contributed by atoms with Crippen molar-refractivity contribution in [2.24, 2.45) is 0 Å². The zero-order valence-electron chi connectivity index (χ0n) is 10.4. The number of rotatable bonds is 6. The molecule has 2 nitrogen and oxygen atoms in total. The van der Waals surface area contributed by atoms with Gasteiger partial charge in [0.05, 0.1) is 0 Å². The standard InChI is InChI=1S/C14H19BrO2/c1-3-4-5-14(16)17-11(2)10-12-6-8-13(15)9-7-12/h6-9,11H,3-5,10H2,1-2H3/t11-/m0/s1. The van der Waals surface area contributed by atoms with Crippen LogP contribution in [-0.4, -0.2) is 12.1 Å². The molecule has 3 heteroatoms. The molecule has 0 saturated carbocycles. The second-order valence-electron chi connectivity index (χ2n) is 4.23. The largest absolute Gasteiger partial charge is 0.462 e. The van der Waals surface area contributed by atoms with Crippen molar-refractivity contribution in [2.75, 3.05) is 0 Å². The Balaban J connectivity index is 2.36. The smallest absolute Gasteiger partial charge is 0.306 e. The van der Waals surface area contributed by atoms with Crippen molar-refractivity contribution < 1.29 is 9.53 Å². The monoisotopic (exact) mass is 298 g/mol. The first-order valence-corrected chi connectivity index (χ1v) is 6.85. The lowest BCUT2D eigenvalue weighted by Gasteiger charge is -2.13. The van der Waals surface area contributed by atoms with Gasteiger partial charge in [0.15, 0.2) is 0 Å². The summed E-state index contributed by atoms with van der Waals surface area (Å²) in [5, 5.41) is 0. The number of unbranched alkanes of at least 4 members (excludes halogenated alkanes) is 1. The molecule has 1 rings (SSSR count).